The Morgan fingerprint density at radius 3 is 2.29 bits per heavy atom. The lowest BCUT2D eigenvalue weighted by Gasteiger charge is -2.24. The van der Waals surface area contributed by atoms with Gasteiger partial charge in [-0.15, -0.1) is 0 Å². The molecule has 2 heterocycles. The van der Waals surface area contributed by atoms with Gasteiger partial charge < -0.3 is 18.9 Å². The first-order valence-electron chi connectivity index (χ1n) is 12.1. The molecule has 0 N–H and O–H groups in total. The molecule has 1 aliphatic rings. The second-order valence-corrected chi connectivity index (χ2v) is 9.25. The van der Waals surface area contributed by atoms with Crippen LogP contribution in [-0.4, -0.2) is 43.4 Å². The minimum Gasteiger partial charge on any atom is -0.497 e. The molecule has 0 saturated carbocycles. The quantitative estimate of drug-likeness (QED) is 0.387. The Balaban J connectivity index is 1.73. The molecule has 0 bridgehead atoms. The second kappa shape index (κ2) is 11.9. The zero-order chi connectivity index (χ0) is 27.2. The lowest BCUT2D eigenvalue weighted by atomic mass is 9.96. The van der Waals surface area contributed by atoms with Crippen LogP contribution in [0.25, 0.3) is 6.08 Å². The van der Waals surface area contributed by atoms with E-state index < -0.39 is 18.0 Å². The number of thiazole rings is 1. The predicted molar refractivity (Wildman–Crippen MR) is 142 cm³/mol. The van der Waals surface area contributed by atoms with Crippen molar-refractivity contribution in [2.45, 2.75) is 26.8 Å². The fourth-order valence-electron chi connectivity index (χ4n) is 4.05. The third-order valence-corrected chi connectivity index (χ3v) is 6.77. The van der Waals surface area contributed by atoms with Crippen molar-refractivity contribution in [1.29, 1.82) is 0 Å². The van der Waals surface area contributed by atoms with Crippen molar-refractivity contribution in [3.63, 3.8) is 0 Å². The van der Waals surface area contributed by atoms with Gasteiger partial charge in [-0.2, -0.15) is 0 Å². The first-order chi connectivity index (χ1) is 18.4. The molecule has 0 amide bonds. The summed E-state index contributed by atoms with van der Waals surface area (Å²) in [6.45, 7) is 5.52. The number of fused-ring (bicyclic) bond motifs is 1. The topological polar surface area (TPSA) is 105 Å². The van der Waals surface area contributed by atoms with E-state index in [-0.39, 0.29) is 18.8 Å². The van der Waals surface area contributed by atoms with Crippen LogP contribution in [0.4, 0.5) is 0 Å². The van der Waals surface area contributed by atoms with Gasteiger partial charge in [-0.1, -0.05) is 35.6 Å². The Morgan fingerprint density at radius 1 is 1.00 bits per heavy atom. The van der Waals surface area contributed by atoms with E-state index in [1.807, 2.05) is 12.1 Å². The number of benzene rings is 2. The number of esters is 2. The van der Waals surface area contributed by atoms with E-state index in [0.29, 0.717) is 38.7 Å². The molecule has 0 fully saturated rings. The Labute approximate surface area is 223 Å². The van der Waals surface area contributed by atoms with Gasteiger partial charge in [0.15, 0.2) is 11.4 Å². The molecule has 9 nitrogen and oxygen atoms in total. The van der Waals surface area contributed by atoms with Crippen molar-refractivity contribution in [2.24, 2.45) is 4.99 Å². The van der Waals surface area contributed by atoms with Crippen LogP contribution in [-0.2, 0) is 19.1 Å². The molecule has 1 aromatic heterocycles. The first-order valence-corrected chi connectivity index (χ1v) is 12.9. The van der Waals surface area contributed by atoms with Crippen LogP contribution >= 0.6 is 11.3 Å². The van der Waals surface area contributed by atoms with Crippen molar-refractivity contribution >= 4 is 29.4 Å². The average molecular weight is 537 g/mol. The van der Waals surface area contributed by atoms with E-state index in [4.69, 9.17) is 18.9 Å². The van der Waals surface area contributed by atoms with E-state index in [2.05, 4.69) is 4.99 Å². The molecule has 0 saturated heterocycles. The Hall–Kier alpha value is -4.18. The van der Waals surface area contributed by atoms with Crippen LogP contribution in [0.15, 0.2) is 69.6 Å². The fraction of sp³-hybridized carbons (Fsp3) is 0.286. The highest BCUT2D eigenvalue weighted by Crippen LogP contribution is 2.31. The monoisotopic (exact) mass is 536 g/mol. The van der Waals surface area contributed by atoms with Crippen LogP contribution in [0.5, 0.6) is 11.5 Å². The Morgan fingerprint density at radius 2 is 1.66 bits per heavy atom. The van der Waals surface area contributed by atoms with Gasteiger partial charge in [-0.05, 0) is 62.2 Å². The molecule has 1 atom stereocenters. The van der Waals surface area contributed by atoms with Crippen LogP contribution < -0.4 is 24.4 Å². The second-order valence-electron chi connectivity index (χ2n) is 8.24. The Kier molecular flexibility index (Phi) is 8.42. The number of hydrogen-bond donors (Lipinski definition) is 0. The summed E-state index contributed by atoms with van der Waals surface area (Å²) < 4.78 is 22.9. The molecule has 198 valence electrons. The molecule has 38 heavy (non-hydrogen) atoms. The summed E-state index contributed by atoms with van der Waals surface area (Å²) in [5.74, 6) is 0.212. The van der Waals surface area contributed by atoms with Gasteiger partial charge in [0.1, 0.15) is 11.5 Å². The number of methoxy groups -OCH3 is 1. The fourth-order valence-corrected chi connectivity index (χ4v) is 5.10. The van der Waals surface area contributed by atoms with Crippen molar-refractivity contribution in [3.8, 4) is 11.5 Å². The van der Waals surface area contributed by atoms with Gasteiger partial charge in [0.25, 0.3) is 5.56 Å². The SMILES string of the molecule is CCOC(=O)COc1ccc(/C=c2\sc3n(c2=O)[C@@H](c2ccc(OC)cc2)C(C(=O)OCC)=C(C)N=3)cc1. The predicted octanol–water partition coefficient (Wildman–Crippen LogP) is 2.75. The summed E-state index contributed by atoms with van der Waals surface area (Å²) in [5, 5.41) is 0. The number of rotatable bonds is 9. The van der Waals surface area contributed by atoms with Crippen LogP contribution in [0.2, 0.25) is 0 Å². The van der Waals surface area contributed by atoms with Gasteiger partial charge in [0.2, 0.25) is 0 Å². The molecule has 0 unspecified atom stereocenters. The Bertz CT molecular complexity index is 1530. The third-order valence-electron chi connectivity index (χ3n) is 5.79. The first kappa shape index (κ1) is 26.9. The summed E-state index contributed by atoms with van der Waals surface area (Å²) in [6, 6.07) is 13.5. The van der Waals surface area contributed by atoms with E-state index >= 15 is 0 Å². The number of allylic oxidation sites excluding steroid dienone is 1. The molecule has 1 aliphatic heterocycles. The van der Waals surface area contributed by atoms with Crippen molar-refractivity contribution < 1.29 is 28.5 Å². The summed E-state index contributed by atoms with van der Waals surface area (Å²) in [6.07, 6.45) is 1.76. The average Bonchev–Trinajstić information content (AvgIpc) is 3.21. The minimum absolute atomic E-state index is 0.181. The summed E-state index contributed by atoms with van der Waals surface area (Å²) >= 11 is 1.24. The largest absolute Gasteiger partial charge is 0.497 e. The number of ether oxygens (including phenoxy) is 4. The minimum atomic E-state index is -0.697. The van der Waals surface area contributed by atoms with E-state index in [1.165, 1.54) is 15.9 Å². The van der Waals surface area contributed by atoms with Crippen LogP contribution in [0.1, 0.15) is 37.9 Å². The highest BCUT2D eigenvalue weighted by Gasteiger charge is 2.33. The maximum Gasteiger partial charge on any atom is 0.344 e. The van der Waals surface area contributed by atoms with Gasteiger partial charge >= 0.3 is 11.9 Å². The highest BCUT2D eigenvalue weighted by atomic mass is 32.1. The number of nitrogens with zero attached hydrogens (tertiary/aromatic N) is 2. The standard InChI is InChI=1S/C28H28N2O7S/c1-5-35-23(31)16-37-21-11-7-18(8-12-21)15-22-26(32)30-25(19-9-13-20(34-4)14-10-19)24(27(33)36-6-2)17(3)29-28(30)38-22/h7-15,25H,5-6,16H2,1-4H3/b22-15-/t25-/m0/s1. The number of carbonyl (C=O) groups excluding carboxylic acids is 2. The van der Waals surface area contributed by atoms with Gasteiger partial charge in [0.05, 0.1) is 42.2 Å². The lowest BCUT2D eigenvalue weighted by Crippen LogP contribution is -2.39. The molecular weight excluding hydrogens is 508 g/mol. The smallest absolute Gasteiger partial charge is 0.344 e. The molecular formula is C28H28N2O7S. The maximum atomic E-state index is 13.7. The highest BCUT2D eigenvalue weighted by molar-refractivity contribution is 7.07. The van der Waals surface area contributed by atoms with E-state index in [9.17, 15) is 14.4 Å². The summed E-state index contributed by atoms with van der Waals surface area (Å²) in [7, 11) is 1.57. The normalized spacial score (nSPS) is 14.9. The van der Waals surface area contributed by atoms with E-state index in [0.717, 1.165) is 11.1 Å². The zero-order valence-electron chi connectivity index (χ0n) is 21.6. The van der Waals surface area contributed by atoms with Crippen molar-refractivity contribution in [1.82, 2.24) is 4.57 Å². The summed E-state index contributed by atoms with van der Waals surface area (Å²) in [4.78, 5) is 43.2. The number of hydrogen-bond acceptors (Lipinski definition) is 9. The van der Waals surface area contributed by atoms with Gasteiger partial charge in [-0.25, -0.2) is 14.6 Å². The van der Waals surface area contributed by atoms with Gasteiger partial charge in [0, 0.05) is 0 Å². The van der Waals surface area contributed by atoms with Gasteiger partial charge in [-0.3, -0.25) is 9.36 Å². The molecule has 10 heteroatoms. The molecule has 4 rings (SSSR count). The van der Waals surface area contributed by atoms with E-state index in [1.54, 1.807) is 70.4 Å². The third kappa shape index (κ3) is 5.70. The molecule has 2 aromatic carbocycles. The number of aromatic nitrogens is 1. The number of carbonyl (C=O) groups is 2. The van der Waals surface area contributed by atoms with Crippen molar-refractivity contribution in [3.05, 3.63) is 90.6 Å². The van der Waals surface area contributed by atoms with Crippen molar-refractivity contribution in [2.75, 3.05) is 26.9 Å². The lowest BCUT2D eigenvalue weighted by molar-refractivity contribution is -0.145. The maximum absolute atomic E-state index is 13.7. The molecule has 0 aliphatic carbocycles. The van der Waals surface area contributed by atoms with Crippen LogP contribution in [0.3, 0.4) is 0 Å². The molecule has 3 aromatic rings. The zero-order valence-corrected chi connectivity index (χ0v) is 22.4. The summed E-state index contributed by atoms with van der Waals surface area (Å²) in [5.41, 5.74) is 2.05. The molecule has 0 spiro atoms. The van der Waals surface area contributed by atoms with Crippen LogP contribution in [0, 0.1) is 0 Å². The molecule has 0 radical (unpaired) electrons.